The van der Waals surface area contributed by atoms with Gasteiger partial charge in [0.1, 0.15) is 0 Å². The number of halogens is 3. The SMILES string of the molecule is CCNC(=NCc1ccc(Br)cc1Cl)N1CC[C@@H](O)C1.I. The first-order valence-electron chi connectivity index (χ1n) is 6.75. The average molecular weight is 489 g/mol. The molecule has 0 aliphatic carbocycles. The third-order valence-electron chi connectivity index (χ3n) is 3.21. The Morgan fingerprint density at radius 1 is 1.57 bits per heavy atom. The molecule has 0 aromatic heterocycles. The third-order valence-corrected chi connectivity index (χ3v) is 4.06. The van der Waals surface area contributed by atoms with Crippen molar-refractivity contribution >= 4 is 57.5 Å². The van der Waals surface area contributed by atoms with E-state index >= 15 is 0 Å². The fraction of sp³-hybridized carbons (Fsp3) is 0.500. The van der Waals surface area contributed by atoms with Crippen molar-refractivity contribution in [2.24, 2.45) is 4.99 Å². The summed E-state index contributed by atoms with van der Waals surface area (Å²) in [5, 5.41) is 13.6. The molecule has 0 saturated carbocycles. The number of hydrogen-bond donors (Lipinski definition) is 2. The molecular weight excluding hydrogens is 468 g/mol. The average Bonchev–Trinajstić information content (AvgIpc) is 2.83. The van der Waals surface area contributed by atoms with E-state index in [-0.39, 0.29) is 30.1 Å². The van der Waals surface area contributed by atoms with Crippen molar-refractivity contribution in [3.63, 3.8) is 0 Å². The van der Waals surface area contributed by atoms with Crippen molar-refractivity contribution in [2.45, 2.75) is 26.0 Å². The molecule has 21 heavy (non-hydrogen) atoms. The Bertz CT molecular complexity index is 501. The minimum atomic E-state index is -0.255. The lowest BCUT2D eigenvalue weighted by atomic mass is 10.2. The van der Waals surface area contributed by atoms with Crippen LogP contribution in [0, 0.1) is 0 Å². The van der Waals surface area contributed by atoms with Crippen LogP contribution in [-0.2, 0) is 6.54 Å². The molecule has 0 unspecified atom stereocenters. The van der Waals surface area contributed by atoms with Crippen LogP contribution in [0.25, 0.3) is 0 Å². The van der Waals surface area contributed by atoms with E-state index in [0.29, 0.717) is 18.1 Å². The van der Waals surface area contributed by atoms with E-state index in [9.17, 15) is 5.11 Å². The molecule has 0 amide bonds. The molecule has 0 spiro atoms. The van der Waals surface area contributed by atoms with Gasteiger partial charge in [-0.15, -0.1) is 24.0 Å². The number of β-amino-alcohol motifs (C(OH)–C–C–N with tert-alkyl or cyclic N) is 1. The number of aliphatic hydroxyl groups is 1. The van der Waals surface area contributed by atoms with Gasteiger partial charge in [0, 0.05) is 29.1 Å². The normalized spacial score (nSPS) is 18.6. The topological polar surface area (TPSA) is 47.9 Å². The molecule has 0 radical (unpaired) electrons. The largest absolute Gasteiger partial charge is 0.391 e. The summed E-state index contributed by atoms with van der Waals surface area (Å²) in [4.78, 5) is 6.70. The van der Waals surface area contributed by atoms with Crippen molar-refractivity contribution in [3.8, 4) is 0 Å². The van der Waals surface area contributed by atoms with Gasteiger partial charge in [0.2, 0.25) is 0 Å². The summed E-state index contributed by atoms with van der Waals surface area (Å²) in [6.07, 6.45) is 0.541. The second-order valence-electron chi connectivity index (χ2n) is 4.79. The maximum absolute atomic E-state index is 9.63. The molecule has 1 fully saturated rings. The molecule has 1 aliphatic rings. The zero-order valence-corrected chi connectivity index (χ0v) is 16.5. The molecule has 4 nitrogen and oxygen atoms in total. The quantitative estimate of drug-likeness (QED) is 0.390. The molecule has 1 aromatic carbocycles. The minimum Gasteiger partial charge on any atom is -0.391 e. The van der Waals surface area contributed by atoms with E-state index in [1.54, 1.807) is 0 Å². The molecule has 2 rings (SSSR count). The van der Waals surface area contributed by atoms with Gasteiger partial charge in [-0.05, 0) is 31.0 Å². The molecule has 2 N–H and O–H groups in total. The zero-order chi connectivity index (χ0) is 14.5. The van der Waals surface area contributed by atoms with Crippen molar-refractivity contribution < 1.29 is 5.11 Å². The molecular formula is C14H20BrClIN3O. The van der Waals surface area contributed by atoms with Gasteiger partial charge >= 0.3 is 0 Å². The number of hydrogen-bond acceptors (Lipinski definition) is 2. The van der Waals surface area contributed by atoms with Crippen LogP contribution in [0.5, 0.6) is 0 Å². The lowest BCUT2D eigenvalue weighted by Gasteiger charge is -2.21. The minimum absolute atomic E-state index is 0. The Morgan fingerprint density at radius 3 is 2.90 bits per heavy atom. The number of likely N-dealkylation sites (tertiary alicyclic amines) is 1. The van der Waals surface area contributed by atoms with Crippen LogP contribution in [0.2, 0.25) is 5.02 Å². The molecule has 1 heterocycles. The van der Waals surface area contributed by atoms with Gasteiger partial charge in [-0.3, -0.25) is 0 Å². The molecule has 1 atom stereocenters. The lowest BCUT2D eigenvalue weighted by Crippen LogP contribution is -2.40. The highest BCUT2D eigenvalue weighted by molar-refractivity contribution is 14.0. The van der Waals surface area contributed by atoms with Gasteiger partial charge in [-0.25, -0.2) is 4.99 Å². The smallest absolute Gasteiger partial charge is 0.194 e. The van der Waals surface area contributed by atoms with E-state index in [2.05, 4.69) is 31.1 Å². The number of benzene rings is 1. The molecule has 1 saturated heterocycles. The van der Waals surface area contributed by atoms with Crippen LogP contribution in [0.15, 0.2) is 27.7 Å². The summed E-state index contributed by atoms with van der Waals surface area (Å²) in [6.45, 7) is 4.84. The number of rotatable bonds is 3. The summed E-state index contributed by atoms with van der Waals surface area (Å²) < 4.78 is 0.963. The second kappa shape index (κ2) is 9.17. The van der Waals surface area contributed by atoms with Gasteiger partial charge in [0.05, 0.1) is 12.6 Å². The van der Waals surface area contributed by atoms with Crippen LogP contribution in [-0.4, -0.2) is 41.7 Å². The first kappa shape index (κ1) is 19.0. The Hall–Kier alpha value is -0.0500. The van der Waals surface area contributed by atoms with Crippen LogP contribution >= 0.6 is 51.5 Å². The van der Waals surface area contributed by atoms with Crippen molar-refractivity contribution in [1.82, 2.24) is 10.2 Å². The maximum atomic E-state index is 9.63. The van der Waals surface area contributed by atoms with Crippen LogP contribution in [0.4, 0.5) is 0 Å². The number of guanidine groups is 1. The van der Waals surface area contributed by atoms with Crippen molar-refractivity contribution in [3.05, 3.63) is 33.3 Å². The summed E-state index contributed by atoms with van der Waals surface area (Å²) in [6, 6.07) is 5.81. The third kappa shape index (κ3) is 5.58. The predicted octanol–water partition coefficient (Wildman–Crippen LogP) is 3.25. The summed E-state index contributed by atoms with van der Waals surface area (Å²) >= 11 is 9.59. The molecule has 118 valence electrons. The first-order valence-corrected chi connectivity index (χ1v) is 7.92. The van der Waals surface area contributed by atoms with Gasteiger partial charge in [-0.2, -0.15) is 0 Å². The Kier molecular flexibility index (Phi) is 8.30. The number of aliphatic hydroxyl groups excluding tert-OH is 1. The fourth-order valence-corrected chi connectivity index (χ4v) is 2.90. The number of nitrogens with zero attached hydrogens (tertiary/aromatic N) is 2. The van der Waals surface area contributed by atoms with Crippen molar-refractivity contribution in [1.29, 1.82) is 0 Å². The molecule has 1 aromatic rings. The molecule has 7 heteroatoms. The van der Waals surface area contributed by atoms with Crippen molar-refractivity contribution in [2.75, 3.05) is 19.6 Å². The van der Waals surface area contributed by atoms with Gasteiger partial charge in [0.25, 0.3) is 0 Å². The summed E-state index contributed by atoms with van der Waals surface area (Å²) in [7, 11) is 0. The zero-order valence-electron chi connectivity index (χ0n) is 11.9. The van der Waals surface area contributed by atoms with Gasteiger partial charge in [-0.1, -0.05) is 33.6 Å². The molecule has 0 bridgehead atoms. The lowest BCUT2D eigenvalue weighted by molar-refractivity contribution is 0.188. The highest BCUT2D eigenvalue weighted by atomic mass is 127. The fourth-order valence-electron chi connectivity index (χ4n) is 2.17. The standard InChI is InChI=1S/C14H19BrClN3O.HI/c1-2-17-14(19-6-5-12(20)9-19)18-8-10-3-4-11(15)7-13(10)16;/h3-4,7,12,20H,2,5-6,8-9H2,1H3,(H,17,18);1H/t12-;/m1./s1. The Balaban J connectivity index is 0.00000220. The first-order chi connectivity index (χ1) is 9.60. The summed E-state index contributed by atoms with van der Waals surface area (Å²) in [5.41, 5.74) is 0.991. The van der Waals surface area contributed by atoms with E-state index in [0.717, 1.165) is 35.5 Å². The Morgan fingerprint density at radius 2 is 2.33 bits per heavy atom. The van der Waals surface area contributed by atoms with Crippen LogP contribution < -0.4 is 5.32 Å². The van der Waals surface area contributed by atoms with E-state index < -0.39 is 0 Å². The van der Waals surface area contributed by atoms with Crippen LogP contribution in [0.1, 0.15) is 18.9 Å². The van der Waals surface area contributed by atoms with Gasteiger partial charge in [0.15, 0.2) is 5.96 Å². The maximum Gasteiger partial charge on any atom is 0.194 e. The number of aliphatic imine (C=N–C) groups is 1. The highest BCUT2D eigenvalue weighted by Crippen LogP contribution is 2.22. The Labute approximate surface area is 156 Å². The monoisotopic (exact) mass is 487 g/mol. The van der Waals surface area contributed by atoms with Gasteiger partial charge < -0.3 is 15.3 Å². The second-order valence-corrected chi connectivity index (χ2v) is 6.12. The van der Waals surface area contributed by atoms with E-state index in [1.807, 2.05) is 25.1 Å². The van der Waals surface area contributed by atoms with E-state index in [1.165, 1.54) is 0 Å². The number of nitrogens with one attached hydrogen (secondary N) is 1. The molecule has 1 aliphatic heterocycles. The van der Waals surface area contributed by atoms with E-state index in [4.69, 9.17) is 11.6 Å². The predicted molar refractivity (Wildman–Crippen MR) is 102 cm³/mol. The highest BCUT2D eigenvalue weighted by Gasteiger charge is 2.22. The van der Waals surface area contributed by atoms with Crippen LogP contribution in [0.3, 0.4) is 0 Å². The summed E-state index contributed by atoms with van der Waals surface area (Å²) in [5.74, 6) is 0.836.